The van der Waals surface area contributed by atoms with Crippen molar-refractivity contribution >= 4 is 7.60 Å². The van der Waals surface area contributed by atoms with Gasteiger partial charge in [-0.15, -0.1) is 0 Å². The predicted molar refractivity (Wildman–Crippen MR) is 136 cm³/mol. The Balaban J connectivity index is 1.59. The number of nitrogens with one attached hydrogen (secondary N) is 1. The average Bonchev–Trinajstić information content (AvgIpc) is 3.32. The Hall–Kier alpha value is -3.86. The largest absolute Gasteiger partial charge is 0.497 e. The van der Waals surface area contributed by atoms with Crippen molar-refractivity contribution in [2.24, 2.45) is 5.11 Å². The summed E-state index contributed by atoms with van der Waals surface area (Å²) in [7, 11) is -2.81. The zero-order chi connectivity index (χ0) is 27.3. The van der Waals surface area contributed by atoms with E-state index in [0.717, 1.165) is 0 Å². The number of aromatic nitrogens is 2. The highest BCUT2D eigenvalue weighted by atomic mass is 31.2. The van der Waals surface area contributed by atoms with Crippen molar-refractivity contribution < 1.29 is 28.2 Å². The van der Waals surface area contributed by atoms with Crippen LogP contribution in [-0.2, 0) is 13.8 Å². The highest BCUT2D eigenvalue weighted by Crippen LogP contribution is 2.59. The Morgan fingerprint density at radius 3 is 2.58 bits per heavy atom. The number of methoxy groups -OCH3 is 1. The van der Waals surface area contributed by atoms with Crippen molar-refractivity contribution in [2.45, 2.75) is 37.6 Å². The van der Waals surface area contributed by atoms with Gasteiger partial charge in [-0.05, 0) is 42.3 Å². The van der Waals surface area contributed by atoms with Gasteiger partial charge in [0.2, 0.25) is 0 Å². The molecule has 2 N–H and O–H groups in total. The van der Waals surface area contributed by atoms with E-state index in [1.54, 1.807) is 42.5 Å². The lowest BCUT2D eigenvalue weighted by Gasteiger charge is -2.26. The first-order valence-electron chi connectivity index (χ1n) is 11.6. The molecule has 3 aromatic rings. The minimum absolute atomic E-state index is 0.0916. The first-order valence-corrected chi connectivity index (χ1v) is 13.2. The first-order chi connectivity index (χ1) is 18.2. The lowest BCUT2D eigenvalue weighted by molar-refractivity contribution is -0.0252. The van der Waals surface area contributed by atoms with Gasteiger partial charge in [0, 0.05) is 23.1 Å². The smallest absolute Gasteiger partial charge is 0.412 e. The van der Waals surface area contributed by atoms with Gasteiger partial charge in [0.15, 0.2) is 5.85 Å². The van der Waals surface area contributed by atoms with Gasteiger partial charge in [-0.2, -0.15) is 0 Å². The standard InChI is InChI=1S/C24H26N5O8P/c1-15-13-29(24(32)26-22(15)30)21-12-19(27-28-25)20(36-21)14-35-38(33,37-18-6-4-3-5-7-18)23(31)16-8-10-17(34-2)11-9-16/h3-11,13,19-21,23,31H,12,14H2,1-2H3,(H,26,30,32)/t19-,20+,21+,23?,38?/m0/s1. The van der Waals surface area contributed by atoms with Crippen molar-refractivity contribution in [1.82, 2.24) is 9.55 Å². The molecule has 0 spiro atoms. The number of H-pyrrole nitrogens is 1. The highest BCUT2D eigenvalue weighted by Gasteiger charge is 2.42. The van der Waals surface area contributed by atoms with Crippen LogP contribution >= 0.6 is 7.60 Å². The number of rotatable bonds is 10. The van der Waals surface area contributed by atoms with E-state index in [1.165, 1.54) is 36.9 Å². The van der Waals surface area contributed by atoms with Crippen molar-refractivity contribution in [3.63, 3.8) is 0 Å². The predicted octanol–water partition coefficient (Wildman–Crippen LogP) is 3.80. The number of azide groups is 1. The van der Waals surface area contributed by atoms with E-state index < -0.39 is 49.7 Å². The number of hydrogen-bond donors (Lipinski definition) is 2. The van der Waals surface area contributed by atoms with Crippen LogP contribution in [0.3, 0.4) is 0 Å². The molecule has 2 aromatic carbocycles. The molecule has 1 aromatic heterocycles. The molecule has 200 valence electrons. The molecule has 1 fully saturated rings. The van der Waals surface area contributed by atoms with E-state index in [9.17, 15) is 19.3 Å². The van der Waals surface area contributed by atoms with Crippen LogP contribution in [0.5, 0.6) is 11.5 Å². The molecule has 38 heavy (non-hydrogen) atoms. The lowest BCUT2D eigenvalue weighted by Crippen LogP contribution is -2.33. The summed E-state index contributed by atoms with van der Waals surface area (Å²) in [5, 5.41) is 14.8. The fourth-order valence-corrected chi connectivity index (χ4v) is 5.54. The normalized spacial score (nSPS) is 21.2. The van der Waals surface area contributed by atoms with E-state index in [-0.39, 0.29) is 23.3 Å². The summed E-state index contributed by atoms with van der Waals surface area (Å²) in [6.45, 7) is 1.14. The molecule has 0 amide bonds. The molecule has 2 heterocycles. The number of aliphatic hydroxyl groups is 1. The molecule has 0 bridgehead atoms. The summed E-state index contributed by atoms with van der Waals surface area (Å²) < 4.78 is 37.6. The summed E-state index contributed by atoms with van der Waals surface area (Å²) >= 11 is 0. The Kier molecular flexibility index (Phi) is 8.35. The summed E-state index contributed by atoms with van der Waals surface area (Å²) in [6.07, 6.45) is -0.387. The molecule has 0 aliphatic carbocycles. The zero-order valence-corrected chi connectivity index (χ0v) is 21.4. The van der Waals surface area contributed by atoms with Gasteiger partial charge in [-0.25, -0.2) is 9.36 Å². The van der Waals surface area contributed by atoms with Gasteiger partial charge in [0.1, 0.15) is 17.7 Å². The quantitative estimate of drug-likeness (QED) is 0.168. The number of aliphatic hydroxyl groups excluding tert-OH is 1. The molecule has 2 unspecified atom stereocenters. The summed E-state index contributed by atoms with van der Waals surface area (Å²) in [5.41, 5.74) is 8.38. The molecule has 13 nitrogen and oxygen atoms in total. The van der Waals surface area contributed by atoms with Gasteiger partial charge >= 0.3 is 13.3 Å². The summed E-state index contributed by atoms with van der Waals surface area (Å²) in [6, 6.07) is 13.7. The average molecular weight is 543 g/mol. The second-order valence-corrected chi connectivity index (χ2v) is 10.5. The monoisotopic (exact) mass is 543 g/mol. The molecule has 1 aliphatic rings. The third-order valence-corrected chi connectivity index (χ3v) is 7.84. The van der Waals surface area contributed by atoms with E-state index >= 15 is 0 Å². The van der Waals surface area contributed by atoms with Crippen molar-refractivity contribution in [3.05, 3.63) is 103 Å². The van der Waals surface area contributed by atoms with Gasteiger partial charge in [0.25, 0.3) is 5.56 Å². The van der Waals surface area contributed by atoms with Crippen molar-refractivity contribution in [1.29, 1.82) is 0 Å². The van der Waals surface area contributed by atoms with Crippen molar-refractivity contribution in [2.75, 3.05) is 13.7 Å². The van der Waals surface area contributed by atoms with Crippen LogP contribution in [0.4, 0.5) is 0 Å². The Labute approximate surface area is 216 Å². The second-order valence-electron chi connectivity index (χ2n) is 8.50. The van der Waals surface area contributed by atoms with E-state index in [2.05, 4.69) is 15.0 Å². The highest BCUT2D eigenvalue weighted by molar-refractivity contribution is 7.54. The van der Waals surface area contributed by atoms with Crippen LogP contribution in [0, 0.1) is 6.92 Å². The van der Waals surface area contributed by atoms with Crippen LogP contribution in [0.15, 0.2) is 75.5 Å². The first kappa shape index (κ1) is 27.2. The third kappa shape index (κ3) is 5.99. The number of hydrogen-bond acceptors (Lipinski definition) is 9. The minimum atomic E-state index is -4.31. The lowest BCUT2D eigenvalue weighted by atomic mass is 10.1. The second kappa shape index (κ2) is 11.7. The SMILES string of the molecule is COc1ccc(C(O)P(=O)(OC[C@H]2O[C@@H](n3cc(C)c(=O)[nH]c3=O)C[C@@H]2N=[N+]=[N-])Oc2ccccc2)cc1. The van der Waals surface area contributed by atoms with Gasteiger partial charge in [-0.1, -0.05) is 35.4 Å². The number of nitrogens with zero attached hydrogens (tertiary/aromatic N) is 4. The maximum Gasteiger partial charge on any atom is 0.412 e. The maximum absolute atomic E-state index is 14.0. The molecule has 1 saturated heterocycles. The molecular formula is C24H26N5O8P. The van der Waals surface area contributed by atoms with Gasteiger partial charge in [-0.3, -0.25) is 18.9 Å². The third-order valence-electron chi connectivity index (χ3n) is 5.97. The van der Waals surface area contributed by atoms with E-state index in [0.29, 0.717) is 5.75 Å². The zero-order valence-electron chi connectivity index (χ0n) is 20.5. The number of ether oxygens (including phenoxy) is 2. The minimum Gasteiger partial charge on any atom is -0.497 e. The summed E-state index contributed by atoms with van der Waals surface area (Å²) in [4.78, 5) is 29.1. The van der Waals surface area contributed by atoms with Crippen LogP contribution in [-0.4, -0.2) is 40.5 Å². The van der Waals surface area contributed by atoms with Crippen LogP contribution in [0.1, 0.15) is 29.6 Å². The topological polar surface area (TPSA) is 178 Å². The number of benzene rings is 2. The number of aryl methyl sites for hydroxylation is 1. The molecule has 14 heteroatoms. The van der Waals surface area contributed by atoms with Crippen LogP contribution < -0.4 is 20.5 Å². The van der Waals surface area contributed by atoms with Gasteiger partial charge in [0.05, 0.1) is 25.9 Å². The molecule has 0 saturated carbocycles. The van der Waals surface area contributed by atoms with Gasteiger partial charge < -0.3 is 19.1 Å². The summed E-state index contributed by atoms with van der Waals surface area (Å²) in [5.74, 6) is -0.931. The fraction of sp³-hybridized carbons (Fsp3) is 0.333. The van der Waals surface area contributed by atoms with Crippen LogP contribution in [0.2, 0.25) is 0 Å². The fourth-order valence-electron chi connectivity index (χ4n) is 3.93. The van der Waals surface area contributed by atoms with Crippen LogP contribution in [0.25, 0.3) is 10.4 Å². The molecule has 5 atom stereocenters. The molecule has 1 aliphatic heterocycles. The van der Waals surface area contributed by atoms with Crippen molar-refractivity contribution in [3.8, 4) is 11.5 Å². The molecular weight excluding hydrogens is 517 g/mol. The Morgan fingerprint density at radius 2 is 1.92 bits per heavy atom. The van der Waals surface area contributed by atoms with E-state index in [4.69, 9.17) is 24.1 Å². The van der Waals surface area contributed by atoms with E-state index in [1.807, 2.05) is 0 Å². The Morgan fingerprint density at radius 1 is 1.21 bits per heavy atom. The number of aromatic amines is 1. The maximum atomic E-state index is 14.0. The molecule has 0 radical (unpaired) electrons. The molecule has 4 rings (SSSR count). The Bertz CT molecular complexity index is 1470. The number of para-hydroxylation sites is 1.